The number of aliphatic carboxylic acids is 1. The van der Waals surface area contributed by atoms with Crippen LogP contribution in [0.15, 0.2) is 18.2 Å². The first kappa shape index (κ1) is 11.7. The number of amides is 1. The summed E-state index contributed by atoms with van der Waals surface area (Å²) in [6, 6.07) is 5.28. The second-order valence-electron chi connectivity index (χ2n) is 3.71. The Kier molecular flexibility index (Phi) is 3.19. The fourth-order valence-electron chi connectivity index (χ4n) is 1.68. The van der Waals surface area contributed by atoms with Crippen molar-refractivity contribution >= 4 is 23.5 Å². The molecule has 0 aromatic heterocycles. The summed E-state index contributed by atoms with van der Waals surface area (Å²) < 4.78 is 5.53. The van der Waals surface area contributed by atoms with Gasteiger partial charge in [0.1, 0.15) is 11.9 Å². The molecule has 0 spiro atoms. The van der Waals surface area contributed by atoms with Crippen molar-refractivity contribution in [2.75, 3.05) is 6.54 Å². The number of halogens is 1. The van der Waals surface area contributed by atoms with Crippen LogP contribution in [0.25, 0.3) is 0 Å². The first-order valence-electron chi connectivity index (χ1n) is 5.02. The molecule has 0 saturated heterocycles. The van der Waals surface area contributed by atoms with Gasteiger partial charge >= 0.3 is 11.9 Å². The zero-order valence-corrected chi connectivity index (χ0v) is 9.53. The topological polar surface area (TPSA) is 75.6 Å². The molecule has 1 aromatic carbocycles. The summed E-state index contributed by atoms with van der Waals surface area (Å²) in [5, 5.41) is 11.3. The van der Waals surface area contributed by atoms with Gasteiger partial charge in [-0.15, -0.1) is 0 Å². The molecule has 1 heterocycles. The lowest BCUT2D eigenvalue weighted by atomic mass is 10.1. The summed E-state index contributed by atoms with van der Waals surface area (Å²) in [4.78, 5) is 21.1. The molecule has 0 radical (unpaired) electrons. The van der Waals surface area contributed by atoms with Crippen LogP contribution in [0.4, 0.5) is 0 Å². The predicted molar refractivity (Wildman–Crippen MR) is 60.2 cm³/mol. The first-order chi connectivity index (χ1) is 8.06. The number of carbonyl (C=O) groups excluding carboxylic acids is 1. The molecule has 6 heteroatoms. The van der Waals surface area contributed by atoms with Crippen LogP contribution in [0.2, 0.25) is 5.02 Å². The van der Waals surface area contributed by atoms with Gasteiger partial charge in [-0.3, -0.25) is 4.79 Å². The maximum absolute atomic E-state index is 10.8. The molecule has 1 aliphatic rings. The van der Waals surface area contributed by atoms with E-state index in [1.807, 2.05) is 0 Å². The Bertz CT molecular complexity index is 475. The maximum atomic E-state index is 10.8. The Morgan fingerprint density at radius 1 is 1.53 bits per heavy atom. The third-order valence-corrected chi connectivity index (χ3v) is 2.68. The van der Waals surface area contributed by atoms with Crippen LogP contribution >= 0.6 is 11.6 Å². The summed E-state index contributed by atoms with van der Waals surface area (Å²) in [6.45, 7) is 0.164. The molecule has 5 nitrogen and oxygen atoms in total. The third kappa shape index (κ3) is 2.68. The van der Waals surface area contributed by atoms with Crippen LogP contribution < -0.4 is 10.1 Å². The summed E-state index contributed by atoms with van der Waals surface area (Å²) in [5.41, 5.74) is 0.965. The lowest BCUT2D eigenvalue weighted by molar-refractivity contribution is -0.150. The molecule has 17 heavy (non-hydrogen) atoms. The first-order valence-corrected chi connectivity index (χ1v) is 5.40. The van der Waals surface area contributed by atoms with Crippen molar-refractivity contribution in [3.05, 3.63) is 28.8 Å². The minimum absolute atomic E-state index is 0.164. The number of hydrogen-bond acceptors (Lipinski definition) is 3. The smallest absolute Gasteiger partial charge is 0.394 e. The highest BCUT2D eigenvalue weighted by Crippen LogP contribution is 2.30. The van der Waals surface area contributed by atoms with E-state index in [0.29, 0.717) is 11.4 Å². The molecular weight excluding hydrogens is 246 g/mol. The van der Waals surface area contributed by atoms with Crippen molar-refractivity contribution in [2.45, 2.75) is 12.5 Å². The third-order valence-electron chi connectivity index (χ3n) is 2.45. The van der Waals surface area contributed by atoms with Crippen molar-refractivity contribution in [3.63, 3.8) is 0 Å². The quantitative estimate of drug-likeness (QED) is 0.768. The molecule has 1 unspecified atom stereocenters. The van der Waals surface area contributed by atoms with Crippen LogP contribution in [0.1, 0.15) is 5.56 Å². The van der Waals surface area contributed by atoms with Crippen molar-refractivity contribution in [2.24, 2.45) is 0 Å². The molecule has 1 aromatic rings. The predicted octanol–water partition coefficient (Wildman–Crippen LogP) is 0.844. The Balaban J connectivity index is 1.92. The number of nitrogens with one attached hydrogen (secondary N) is 1. The largest absolute Gasteiger partial charge is 0.488 e. The van der Waals surface area contributed by atoms with Gasteiger partial charge in [0.2, 0.25) is 0 Å². The highest BCUT2D eigenvalue weighted by atomic mass is 35.5. The average molecular weight is 256 g/mol. The van der Waals surface area contributed by atoms with Crippen molar-refractivity contribution in [3.8, 4) is 5.75 Å². The maximum Gasteiger partial charge on any atom is 0.394 e. The van der Waals surface area contributed by atoms with Crippen molar-refractivity contribution < 1.29 is 19.4 Å². The average Bonchev–Trinajstić information content (AvgIpc) is 2.67. The van der Waals surface area contributed by atoms with Gasteiger partial charge in [-0.2, -0.15) is 0 Å². The van der Waals surface area contributed by atoms with Gasteiger partial charge < -0.3 is 15.2 Å². The number of benzene rings is 1. The second kappa shape index (κ2) is 4.63. The highest BCUT2D eigenvalue weighted by Gasteiger charge is 2.24. The fourth-order valence-corrected chi connectivity index (χ4v) is 1.88. The lowest BCUT2D eigenvalue weighted by Crippen LogP contribution is -2.38. The summed E-state index contributed by atoms with van der Waals surface area (Å²) >= 11 is 5.84. The molecular formula is C11H10ClNO4. The van der Waals surface area contributed by atoms with Gasteiger partial charge in [0.15, 0.2) is 0 Å². The molecule has 0 fully saturated rings. The molecule has 1 aliphatic heterocycles. The van der Waals surface area contributed by atoms with Gasteiger partial charge in [0, 0.05) is 11.4 Å². The Labute approximate surface area is 102 Å². The minimum Gasteiger partial charge on any atom is -0.488 e. The van der Waals surface area contributed by atoms with E-state index < -0.39 is 11.9 Å². The van der Waals surface area contributed by atoms with Gasteiger partial charge in [-0.25, -0.2) is 4.79 Å². The van der Waals surface area contributed by atoms with E-state index >= 15 is 0 Å². The van der Waals surface area contributed by atoms with E-state index in [-0.39, 0.29) is 12.6 Å². The monoisotopic (exact) mass is 255 g/mol. The minimum atomic E-state index is -1.50. The molecule has 0 aliphatic carbocycles. The van der Waals surface area contributed by atoms with Crippen LogP contribution in [0.5, 0.6) is 5.75 Å². The number of hydrogen-bond donors (Lipinski definition) is 2. The number of ether oxygens (including phenoxy) is 1. The van der Waals surface area contributed by atoms with Gasteiger partial charge in [-0.1, -0.05) is 11.6 Å². The molecule has 0 saturated carbocycles. The van der Waals surface area contributed by atoms with Gasteiger partial charge in [0.25, 0.3) is 0 Å². The Hall–Kier alpha value is -1.75. The van der Waals surface area contributed by atoms with Crippen LogP contribution in [-0.2, 0) is 16.0 Å². The zero-order valence-electron chi connectivity index (χ0n) is 8.77. The molecule has 1 atom stereocenters. The van der Waals surface area contributed by atoms with E-state index in [4.69, 9.17) is 21.4 Å². The zero-order chi connectivity index (χ0) is 12.4. The lowest BCUT2D eigenvalue weighted by Gasteiger charge is -2.10. The Morgan fingerprint density at radius 2 is 2.29 bits per heavy atom. The molecule has 90 valence electrons. The van der Waals surface area contributed by atoms with E-state index in [9.17, 15) is 9.59 Å². The second-order valence-corrected chi connectivity index (χ2v) is 4.15. The van der Waals surface area contributed by atoms with E-state index in [2.05, 4.69) is 5.32 Å². The van der Waals surface area contributed by atoms with E-state index in [1.165, 1.54) is 0 Å². The fraction of sp³-hybridized carbons (Fsp3) is 0.273. The number of carboxylic acid groups (broad SMARTS) is 1. The van der Waals surface area contributed by atoms with Crippen LogP contribution in [0.3, 0.4) is 0 Å². The molecule has 1 amide bonds. The molecule has 2 rings (SSSR count). The molecule has 2 N–H and O–H groups in total. The SMILES string of the molecule is O=C(O)C(=O)NCC1Cc2cc(Cl)ccc2O1. The molecule has 0 bridgehead atoms. The van der Waals surface area contributed by atoms with Crippen LogP contribution in [0, 0.1) is 0 Å². The van der Waals surface area contributed by atoms with Crippen molar-refractivity contribution in [1.82, 2.24) is 5.32 Å². The highest BCUT2D eigenvalue weighted by molar-refractivity contribution is 6.31. The number of carbonyl (C=O) groups is 2. The number of fused-ring (bicyclic) bond motifs is 1. The Morgan fingerprint density at radius 3 is 3.00 bits per heavy atom. The number of rotatable bonds is 2. The van der Waals surface area contributed by atoms with E-state index in [0.717, 1.165) is 11.3 Å². The summed E-state index contributed by atoms with van der Waals surface area (Å²) in [5.74, 6) is -1.80. The summed E-state index contributed by atoms with van der Waals surface area (Å²) in [6.07, 6.45) is 0.363. The van der Waals surface area contributed by atoms with Gasteiger partial charge in [0.05, 0.1) is 6.54 Å². The van der Waals surface area contributed by atoms with Crippen molar-refractivity contribution in [1.29, 1.82) is 0 Å². The summed E-state index contributed by atoms with van der Waals surface area (Å²) in [7, 11) is 0. The standard InChI is InChI=1S/C11H10ClNO4/c12-7-1-2-9-6(3-7)4-8(17-9)5-13-10(14)11(15)16/h1-3,8H,4-5H2,(H,13,14)(H,15,16). The number of carboxylic acids is 1. The van der Waals surface area contributed by atoms with Crippen LogP contribution in [-0.4, -0.2) is 29.6 Å². The normalized spacial score (nSPS) is 17.1. The van der Waals surface area contributed by atoms with Gasteiger partial charge in [-0.05, 0) is 23.8 Å². The van der Waals surface area contributed by atoms with E-state index in [1.54, 1.807) is 18.2 Å².